The fourth-order valence-corrected chi connectivity index (χ4v) is 2.76. The van der Waals surface area contributed by atoms with Gasteiger partial charge in [0.05, 0.1) is 0 Å². The first-order chi connectivity index (χ1) is 11.1. The molecule has 0 unspecified atom stereocenters. The normalized spacial score (nSPS) is 22.2. The number of unbranched alkanes of at least 4 members (excludes halogenated alkanes) is 3. The van der Waals surface area contributed by atoms with Gasteiger partial charge in [0.15, 0.2) is 0 Å². The second-order valence-electron chi connectivity index (χ2n) is 7.02. The number of rotatable bonds is 7. The average Bonchev–Trinajstić information content (AvgIpc) is 2.77. The maximum atomic E-state index is 12.0. The van der Waals surface area contributed by atoms with Crippen molar-refractivity contribution >= 4 is 24.1 Å². The molecule has 10 nitrogen and oxygen atoms in total. The molecule has 0 aromatic heterocycles. The molecule has 10 heteroatoms. The molecule has 0 aromatic carbocycles. The van der Waals surface area contributed by atoms with Crippen LogP contribution in [-0.4, -0.2) is 84.4 Å². The van der Waals surface area contributed by atoms with E-state index < -0.39 is 0 Å². The lowest BCUT2D eigenvalue weighted by Crippen LogP contribution is -2.50. The number of hydrogen-bond donors (Lipinski definition) is 2. The van der Waals surface area contributed by atoms with E-state index in [1.54, 1.807) is 28.2 Å². The van der Waals surface area contributed by atoms with Crippen molar-refractivity contribution in [2.45, 2.75) is 25.7 Å². The summed E-state index contributed by atoms with van der Waals surface area (Å²) in [6, 6.07) is -1.27. The third-order valence-corrected chi connectivity index (χ3v) is 4.17. The number of amides is 8. The molecule has 2 saturated heterocycles. The monoisotopic (exact) mass is 342 g/mol. The van der Waals surface area contributed by atoms with E-state index in [1.165, 1.54) is 9.80 Å². The number of quaternary nitrogens is 2. The number of nitrogens with one attached hydrogen (secondary N) is 2. The molecule has 0 aliphatic carbocycles. The van der Waals surface area contributed by atoms with Crippen LogP contribution in [0.1, 0.15) is 25.7 Å². The van der Waals surface area contributed by atoms with E-state index in [0.29, 0.717) is 25.9 Å². The van der Waals surface area contributed by atoms with Gasteiger partial charge in [-0.05, 0) is 12.8 Å². The zero-order valence-corrected chi connectivity index (χ0v) is 14.7. The Kier molecular flexibility index (Phi) is 4.81. The summed E-state index contributed by atoms with van der Waals surface area (Å²) in [5, 5.41) is 0. The number of hydrogen-bond acceptors (Lipinski definition) is 4. The molecule has 2 fully saturated rings. The maximum absolute atomic E-state index is 12.0. The molecular formula is C14H26N6O4+2. The molecule has 2 heterocycles. The van der Waals surface area contributed by atoms with Gasteiger partial charge < -0.3 is 0 Å². The van der Waals surface area contributed by atoms with Gasteiger partial charge in [0, 0.05) is 13.1 Å². The topological polar surface area (TPSA) is 98.8 Å². The minimum atomic E-state index is -0.371. The van der Waals surface area contributed by atoms with Crippen molar-refractivity contribution in [2.24, 2.45) is 0 Å². The van der Waals surface area contributed by atoms with Crippen LogP contribution in [0.25, 0.3) is 0 Å². The summed E-state index contributed by atoms with van der Waals surface area (Å²) in [5.41, 5.74) is 5.17. The van der Waals surface area contributed by atoms with Crippen LogP contribution in [0.2, 0.25) is 0 Å². The van der Waals surface area contributed by atoms with Crippen molar-refractivity contribution < 1.29 is 28.4 Å². The van der Waals surface area contributed by atoms with E-state index >= 15 is 0 Å². The lowest BCUT2D eigenvalue weighted by molar-refractivity contribution is -0.840. The molecule has 24 heavy (non-hydrogen) atoms. The van der Waals surface area contributed by atoms with E-state index in [9.17, 15) is 19.2 Å². The number of urea groups is 4. The van der Waals surface area contributed by atoms with Gasteiger partial charge in [-0.15, -0.1) is 9.18 Å². The van der Waals surface area contributed by atoms with Gasteiger partial charge in [0.2, 0.25) is 0 Å². The van der Waals surface area contributed by atoms with Gasteiger partial charge in [-0.3, -0.25) is 0 Å². The summed E-state index contributed by atoms with van der Waals surface area (Å²) in [6.07, 6.45) is 3.01. The van der Waals surface area contributed by atoms with E-state index in [1.807, 2.05) is 0 Å². The zero-order valence-electron chi connectivity index (χ0n) is 14.7. The summed E-state index contributed by atoms with van der Waals surface area (Å²) in [6.45, 7) is 0.749. The highest BCUT2D eigenvalue weighted by Crippen LogP contribution is 2.15. The van der Waals surface area contributed by atoms with Gasteiger partial charge >= 0.3 is 24.1 Å². The molecule has 0 spiro atoms. The van der Waals surface area contributed by atoms with Crippen molar-refractivity contribution in [3.05, 3.63) is 0 Å². The van der Waals surface area contributed by atoms with Crippen LogP contribution in [0.3, 0.4) is 0 Å². The molecule has 0 saturated carbocycles. The SMILES string of the molecule is C[N+]1(C)NC(=O)N(CCCCCCN2C(=O)N[N+](C)(C)C2=O)C1=O. The first-order valence-electron chi connectivity index (χ1n) is 8.03. The van der Waals surface area contributed by atoms with E-state index in [4.69, 9.17) is 0 Å². The summed E-state index contributed by atoms with van der Waals surface area (Å²) < 4.78 is -0.335. The van der Waals surface area contributed by atoms with Crippen LogP contribution in [0.4, 0.5) is 19.2 Å². The Balaban J connectivity index is 1.66. The molecule has 0 aromatic rings. The zero-order chi connectivity index (χ0) is 18.1. The van der Waals surface area contributed by atoms with Crippen LogP contribution in [0.15, 0.2) is 0 Å². The highest BCUT2D eigenvalue weighted by molar-refractivity contribution is 5.94. The average molecular weight is 342 g/mol. The Labute approximate surface area is 141 Å². The number of nitrogens with zero attached hydrogens (tertiary/aromatic N) is 4. The van der Waals surface area contributed by atoms with Crippen molar-refractivity contribution in [1.82, 2.24) is 20.7 Å². The summed E-state index contributed by atoms with van der Waals surface area (Å²) in [5.74, 6) is 0. The van der Waals surface area contributed by atoms with E-state index in [2.05, 4.69) is 10.9 Å². The second-order valence-corrected chi connectivity index (χ2v) is 7.02. The molecule has 0 bridgehead atoms. The summed E-state index contributed by atoms with van der Waals surface area (Å²) in [4.78, 5) is 49.8. The quantitative estimate of drug-likeness (QED) is 0.528. The van der Waals surface area contributed by atoms with Crippen LogP contribution >= 0.6 is 0 Å². The van der Waals surface area contributed by atoms with Crippen molar-refractivity contribution in [1.29, 1.82) is 0 Å². The van der Waals surface area contributed by atoms with Crippen LogP contribution < -0.4 is 10.9 Å². The lowest BCUT2D eigenvalue weighted by atomic mass is 10.2. The summed E-state index contributed by atoms with van der Waals surface area (Å²) in [7, 11) is 6.49. The first kappa shape index (κ1) is 18.1. The molecule has 8 amide bonds. The van der Waals surface area contributed by atoms with Gasteiger partial charge in [-0.25, -0.2) is 29.0 Å². The Hall–Kier alpha value is -2.20. The standard InChI is InChI=1S/C14H24N6O4/c1-19(2)13(23)17(11(21)15-19)9-7-5-6-8-10-18-12(22)16-20(3,4)14(18)24/h5-10H2,1-4H3/p+2. The third kappa shape index (κ3) is 3.49. The van der Waals surface area contributed by atoms with Crippen LogP contribution in [-0.2, 0) is 0 Å². The molecule has 0 radical (unpaired) electrons. The van der Waals surface area contributed by atoms with Crippen molar-refractivity contribution in [2.75, 3.05) is 41.3 Å². The second kappa shape index (κ2) is 6.36. The molecule has 2 N–H and O–H groups in total. The minimum absolute atomic E-state index is 0.168. The highest BCUT2D eigenvalue weighted by atomic mass is 16.2. The molecule has 2 rings (SSSR count). The Bertz CT molecular complexity index is 524. The third-order valence-electron chi connectivity index (χ3n) is 4.17. The number of imide groups is 2. The minimum Gasteiger partial charge on any atom is -0.243 e. The maximum Gasteiger partial charge on any atom is 0.451 e. The fraction of sp³-hybridized carbons (Fsp3) is 0.714. The van der Waals surface area contributed by atoms with E-state index in [0.717, 1.165) is 12.8 Å². The number of carbonyl (C=O) groups excluding carboxylic acids is 4. The Morgan fingerprint density at radius 2 is 1.00 bits per heavy atom. The van der Waals surface area contributed by atoms with Crippen LogP contribution in [0, 0.1) is 0 Å². The highest BCUT2D eigenvalue weighted by Gasteiger charge is 2.47. The van der Waals surface area contributed by atoms with Crippen LogP contribution in [0.5, 0.6) is 0 Å². The Morgan fingerprint density at radius 1 is 0.667 bits per heavy atom. The molecular weight excluding hydrogens is 316 g/mol. The van der Waals surface area contributed by atoms with Gasteiger partial charge in [-0.1, -0.05) is 12.8 Å². The van der Waals surface area contributed by atoms with Crippen molar-refractivity contribution in [3.8, 4) is 0 Å². The fourth-order valence-electron chi connectivity index (χ4n) is 2.76. The molecule has 2 aliphatic rings. The van der Waals surface area contributed by atoms with E-state index in [-0.39, 0.29) is 33.3 Å². The van der Waals surface area contributed by atoms with Gasteiger partial charge in [0.25, 0.3) is 0 Å². The summed E-state index contributed by atoms with van der Waals surface area (Å²) >= 11 is 0. The molecule has 2 aliphatic heterocycles. The van der Waals surface area contributed by atoms with Gasteiger partial charge in [0.1, 0.15) is 28.2 Å². The predicted octanol–water partition coefficient (Wildman–Crippen LogP) is 0.820. The molecule has 134 valence electrons. The van der Waals surface area contributed by atoms with Crippen molar-refractivity contribution in [3.63, 3.8) is 0 Å². The lowest BCUT2D eigenvalue weighted by Gasteiger charge is -2.17. The van der Waals surface area contributed by atoms with Gasteiger partial charge in [-0.2, -0.15) is 10.9 Å². The Morgan fingerprint density at radius 3 is 1.25 bits per heavy atom. The smallest absolute Gasteiger partial charge is 0.243 e. The first-order valence-corrected chi connectivity index (χ1v) is 8.03. The number of carbonyl (C=O) groups is 4. The largest absolute Gasteiger partial charge is 0.451 e. The molecule has 0 atom stereocenters. The predicted molar refractivity (Wildman–Crippen MR) is 84.0 cm³/mol.